The number of rotatable bonds is 4. The van der Waals surface area contributed by atoms with Crippen LogP contribution in [0.2, 0.25) is 0 Å². The van der Waals surface area contributed by atoms with Crippen LogP contribution in [-0.4, -0.2) is 10.4 Å². The van der Waals surface area contributed by atoms with Crippen LogP contribution >= 0.6 is 11.6 Å². The molecule has 1 heterocycles. The van der Waals surface area contributed by atoms with E-state index in [1.165, 1.54) is 0 Å². The number of nitrogens with zero attached hydrogens (tertiary/aromatic N) is 1. The lowest BCUT2D eigenvalue weighted by Crippen LogP contribution is -2.12. The summed E-state index contributed by atoms with van der Waals surface area (Å²) in [6.45, 7) is 13.6. The molecule has 0 aliphatic heterocycles. The molecule has 0 fully saturated rings. The number of pyridine rings is 1. The molecule has 2 unspecified atom stereocenters. The molecule has 0 amide bonds. The zero-order valence-corrected chi connectivity index (χ0v) is 11.0. The summed E-state index contributed by atoms with van der Waals surface area (Å²) in [6, 6.07) is 5.79. The van der Waals surface area contributed by atoms with E-state index in [4.69, 9.17) is 11.6 Å². The molecule has 1 aromatic heterocycles. The van der Waals surface area contributed by atoms with Gasteiger partial charge in [0.25, 0.3) is 0 Å². The fraction of sp³-hybridized carbons (Fsp3) is 0.357. The first-order chi connectivity index (χ1) is 7.66. The van der Waals surface area contributed by atoms with Crippen molar-refractivity contribution in [1.29, 1.82) is 0 Å². The maximum atomic E-state index is 6.14. The van der Waals surface area contributed by atoms with Crippen molar-refractivity contribution in [3.63, 3.8) is 0 Å². The van der Waals surface area contributed by atoms with Crippen molar-refractivity contribution in [3.8, 4) is 0 Å². The summed E-state index contributed by atoms with van der Waals surface area (Å²) in [4.78, 5) is 4.28. The van der Waals surface area contributed by atoms with Gasteiger partial charge in [-0.05, 0) is 19.1 Å². The highest BCUT2D eigenvalue weighted by Gasteiger charge is 2.20. The van der Waals surface area contributed by atoms with Gasteiger partial charge in [-0.3, -0.25) is 4.98 Å². The normalized spacial score (nSPS) is 13.0. The molecule has 0 bridgehead atoms. The Balaban J connectivity index is 0.00000106. The summed E-state index contributed by atoms with van der Waals surface area (Å²) in [5.74, 6) is 0.0513. The first-order valence-corrected chi connectivity index (χ1v) is 5.93. The highest BCUT2D eigenvalue weighted by atomic mass is 35.5. The van der Waals surface area contributed by atoms with E-state index < -0.39 is 0 Å². The lowest BCUT2D eigenvalue weighted by Gasteiger charge is -2.19. The fourth-order valence-electron chi connectivity index (χ4n) is 1.38. The van der Waals surface area contributed by atoms with E-state index in [0.717, 1.165) is 11.3 Å². The quantitative estimate of drug-likeness (QED) is 0.553. The van der Waals surface area contributed by atoms with Crippen molar-refractivity contribution in [2.45, 2.75) is 32.1 Å². The van der Waals surface area contributed by atoms with Gasteiger partial charge < -0.3 is 0 Å². The first kappa shape index (κ1) is 14.9. The number of hydrogen-bond acceptors (Lipinski definition) is 1. The van der Waals surface area contributed by atoms with Crippen molar-refractivity contribution >= 4 is 11.6 Å². The third-order valence-electron chi connectivity index (χ3n) is 2.08. The maximum absolute atomic E-state index is 6.14. The van der Waals surface area contributed by atoms with E-state index in [-0.39, 0.29) is 11.3 Å². The van der Waals surface area contributed by atoms with Gasteiger partial charge in [0.2, 0.25) is 0 Å². The largest absolute Gasteiger partial charge is 0.261 e. The molecular weight excluding hydrogens is 218 g/mol. The van der Waals surface area contributed by atoms with E-state index >= 15 is 0 Å². The molecule has 0 radical (unpaired) electrons. The molecule has 0 saturated carbocycles. The molecule has 1 rings (SSSR count). The average molecular weight is 238 g/mol. The van der Waals surface area contributed by atoms with Gasteiger partial charge in [-0.25, -0.2) is 0 Å². The second-order valence-corrected chi connectivity index (χ2v) is 3.76. The zero-order valence-electron chi connectivity index (χ0n) is 10.3. The number of allylic oxidation sites excluding steroid dienone is 2. The SMILES string of the molecule is C=CC(Cl)C(C(=C)C)c1ccccn1.CC. The van der Waals surface area contributed by atoms with Crippen LogP contribution in [0.5, 0.6) is 0 Å². The third-order valence-corrected chi connectivity index (χ3v) is 2.51. The average Bonchev–Trinajstić information content (AvgIpc) is 2.32. The molecule has 0 aromatic carbocycles. The summed E-state index contributed by atoms with van der Waals surface area (Å²) in [5, 5.41) is -0.151. The number of alkyl halides is 1. The van der Waals surface area contributed by atoms with Crippen molar-refractivity contribution in [2.24, 2.45) is 0 Å². The zero-order chi connectivity index (χ0) is 12.6. The lowest BCUT2D eigenvalue weighted by molar-refractivity contribution is 0.786. The lowest BCUT2D eigenvalue weighted by atomic mass is 9.93. The van der Waals surface area contributed by atoms with Gasteiger partial charge in [-0.2, -0.15) is 0 Å². The minimum absolute atomic E-state index is 0.0513. The van der Waals surface area contributed by atoms with Crippen LogP contribution in [0.1, 0.15) is 32.4 Å². The highest BCUT2D eigenvalue weighted by molar-refractivity contribution is 6.22. The minimum atomic E-state index is -0.151. The predicted molar refractivity (Wildman–Crippen MR) is 73.0 cm³/mol. The van der Waals surface area contributed by atoms with Gasteiger partial charge in [-0.15, -0.1) is 18.2 Å². The Morgan fingerprint density at radius 2 is 2.06 bits per heavy atom. The Kier molecular flexibility index (Phi) is 7.57. The minimum Gasteiger partial charge on any atom is -0.261 e. The standard InChI is InChI=1S/C12H14ClN.C2H6/c1-4-10(13)12(9(2)3)11-7-5-6-8-14-11;1-2/h4-8,10,12H,1-2H2,3H3;1-2H3. The second-order valence-electron chi connectivity index (χ2n) is 3.26. The molecule has 0 aliphatic rings. The van der Waals surface area contributed by atoms with E-state index in [9.17, 15) is 0 Å². The van der Waals surface area contributed by atoms with E-state index in [1.807, 2.05) is 39.0 Å². The Bertz CT molecular complexity index is 319. The monoisotopic (exact) mass is 237 g/mol. The molecule has 0 saturated heterocycles. The Morgan fingerprint density at radius 3 is 2.44 bits per heavy atom. The number of aromatic nitrogens is 1. The van der Waals surface area contributed by atoms with Crippen LogP contribution in [0.3, 0.4) is 0 Å². The van der Waals surface area contributed by atoms with Gasteiger partial charge in [0.15, 0.2) is 0 Å². The van der Waals surface area contributed by atoms with Gasteiger partial charge in [-0.1, -0.05) is 38.1 Å². The maximum Gasteiger partial charge on any atom is 0.0634 e. The van der Waals surface area contributed by atoms with Crippen LogP contribution < -0.4 is 0 Å². The van der Waals surface area contributed by atoms with Crippen molar-refractivity contribution in [3.05, 3.63) is 54.9 Å². The van der Waals surface area contributed by atoms with Gasteiger partial charge in [0, 0.05) is 17.8 Å². The summed E-state index contributed by atoms with van der Waals surface area (Å²) in [5.41, 5.74) is 1.95. The molecule has 16 heavy (non-hydrogen) atoms. The molecule has 88 valence electrons. The molecule has 1 nitrogen and oxygen atoms in total. The highest BCUT2D eigenvalue weighted by Crippen LogP contribution is 2.28. The van der Waals surface area contributed by atoms with E-state index in [0.29, 0.717) is 0 Å². The van der Waals surface area contributed by atoms with Gasteiger partial charge in [0.05, 0.1) is 5.38 Å². The van der Waals surface area contributed by atoms with Crippen molar-refractivity contribution in [1.82, 2.24) is 4.98 Å². The Hall–Kier alpha value is -1.08. The smallest absolute Gasteiger partial charge is 0.0634 e. The Labute approximate surface area is 104 Å². The summed E-state index contributed by atoms with van der Waals surface area (Å²) in [7, 11) is 0. The fourth-order valence-corrected chi connectivity index (χ4v) is 1.73. The van der Waals surface area contributed by atoms with Crippen LogP contribution in [-0.2, 0) is 0 Å². The Morgan fingerprint density at radius 1 is 1.44 bits per heavy atom. The van der Waals surface area contributed by atoms with Crippen molar-refractivity contribution < 1.29 is 0 Å². The molecule has 2 atom stereocenters. The molecule has 0 aliphatic carbocycles. The summed E-state index contributed by atoms with van der Waals surface area (Å²) < 4.78 is 0. The molecule has 0 spiro atoms. The predicted octanol–water partition coefficient (Wildman–Crippen LogP) is 4.56. The van der Waals surface area contributed by atoms with E-state index in [2.05, 4.69) is 18.1 Å². The molecule has 0 N–H and O–H groups in total. The summed E-state index contributed by atoms with van der Waals surface area (Å²) in [6.07, 6.45) is 3.48. The van der Waals surface area contributed by atoms with Crippen LogP contribution in [0.15, 0.2) is 49.2 Å². The molecular formula is C14H20ClN. The molecule has 1 aromatic rings. The number of hydrogen-bond donors (Lipinski definition) is 0. The topological polar surface area (TPSA) is 12.9 Å². The van der Waals surface area contributed by atoms with Crippen LogP contribution in [0.4, 0.5) is 0 Å². The van der Waals surface area contributed by atoms with Crippen LogP contribution in [0.25, 0.3) is 0 Å². The van der Waals surface area contributed by atoms with Crippen molar-refractivity contribution in [2.75, 3.05) is 0 Å². The summed E-state index contributed by atoms with van der Waals surface area (Å²) >= 11 is 6.14. The molecule has 2 heteroatoms. The number of halogens is 1. The second kappa shape index (κ2) is 8.12. The van der Waals surface area contributed by atoms with Crippen LogP contribution in [0, 0.1) is 0 Å². The third kappa shape index (κ3) is 4.19. The van der Waals surface area contributed by atoms with E-state index in [1.54, 1.807) is 12.3 Å². The van der Waals surface area contributed by atoms with Gasteiger partial charge in [0.1, 0.15) is 0 Å². The first-order valence-electron chi connectivity index (χ1n) is 5.49. The van der Waals surface area contributed by atoms with Gasteiger partial charge >= 0.3 is 0 Å².